The number of aliphatic hydroxyl groups excluding tert-OH is 1. The van der Waals surface area contributed by atoms with Crippen LogP contribution in [0.25, 0.3) is 0 Å². The summed E-state index contributed by atoms with van der Waals surface area (Å²) in [5.41, 5.74) is 0.939. The normalized spacial score (nSPS) is 21.4. The fourth-order valence-electron chi connectivity index (χ4n) is 2.00. The van der Waals surface area contributed by atoms with Crippen molar-refractivity contribution in [2.24, 2.45) is 0 Å². The van der Waals surface area contributed by atoms with Crippen LogP contribution in [0.2, 0.25) is 0 Å². The summed E-state index contributed by atoms with van der Waals surface area (Å²) in [4.78, 5) is 14.1. The number of carbonyl (C=O) groups is 1. The van der Waals surface area contributed by atoms with Gasteiger partial charge in [0.2, 0.25) is 5.91 Å². The Hall–Kier alpha value is -0.520. The summed E-state index contributed by atoms with van der Waals surface area (Å²) in [7, 11) is 0. The summed E-state index contributed by atoms with van der Waals surface area (Å²) < 4.78 is 0.979. The van der Waals surface area contributed by atoms with Gasteiger partial charge in [0.15, 0.2) is 0 Å². The minimum atomic E-state index is -0.0221. The molecule has 1 aliphatic rings. The molecule has 1 amide bonds. The van der Waals surface area contributed by atoms with Crippen molar-refractivity contribution in [1.29, 1.82) is 0 Å². The third-order valence-corrected chi connectivity index (χ3v) is 4.80. The van der Waals surface area contributed by atoms with Crippen LogP contribution in [0.15, 0.2) is 28.7 Å². The molecule has 2 rings (SSSR count). The number of amides is 1. The number of aliphatic hydroxyl groups is 1. The zero-order valence-corrected chi connectivity index (χ0v) is 12.6. The SMILES string of the molecule is CC(CO)SC1CCN(c2cccc(Br)c2)C1=O. The molecule has 0 saturated carbocycles. The van der Waals surface area contributed by atoms with Crippen molar-refractivity contribution in [1.82, 2.24) is 0 Å². The Morgan fingerprint density at radius 2 is 2.39 bits per heavy atom. The van der Waals surface area contributed by atoms with Gasteiger partial charge in [-0.1, -0.05) is 28.9 Å². The molecular weight excluding hydrogens is 314 g/mol. The molecular formula is C13H16BrNO2S. The zero-order valence-electron chi connectivity index (χ0n) is 10.2. The van der Waals surface area contributed by atoms with Crippen LogP contribution < -0.4 is 4.90 Å². The van der Waals surface area contributed by atoms with Gasteiger partial charge in [-0.05, 0) is 24.6 Å². The first kappa shape index (κ1) is 13.9. The lowest BCUT2D eigenvalue weighted by Gasteiger charge is -2.18. The fraction of sp³-hybridized carbons (Fsp3) is 0.462. The fourth-order valence-corrected chi connectivity index (χ4v) is 3.52. The van der Waals surface area contributed by atoms with Gasteiger partial charge in [0.25, 0.3) is 0 Å². The van der Waals surface area contributed by atoms with Gasteiger partial charge in [-0.15, -0.1) is 11.8 Å². The Bertz CT molecular complexity index is 441. The van der Waals surface area contributed by atoms with Gasteiger partial charge in [0.05, 0.1) is 11.9 Å². The number of benzene rings is 1. The summed E-state index contributed by atoms with van der Waals surface area (Å²) in [5.74, 6) is 0.151. The highest BCUT2D eigenvalue weighted by molar-refractivity contribution is 9.10. The third kappa shape index (κ3) is 3.08. The molecule has 0 aliphatic carbocycles. The lowest BCUT2D eigenvalue weighted by molar-refractivity contribution is -0.116. The summed E-state index contributed by atoms with van der Waals surface area (Å²) in [6, 6.07) is 7.79. The molecule has 98 valence electrons. The number of rotatable bonds is 4. The maximum absolute atomic E-state index is 12.3. The van der Waals surface area contributed by atoms with Crippen molar-refractivity contribution in [3.8, 4) is 0 Å². The molecule has 1 heterocycles. The first-order valence-corrected chi connectivity index (χ1v) is 7.68. The van der Waals surface area contributed by atoms with E-state index in [1.54, 1.807) is 11.8 Å². The van der Waals surface area contributed by atoms with E-state index in [9.17, 15) is 4.79 Å². The molecule has 0 bridgehead atoms. The standard InChI is InChI=1S/C13H16BrNO2S/c1-9(8-16)18-12-5-6-15(13(12)17)11-4-2-3-10(14)7-11/h2-4,7,9,12,16H,5-6,8H2,1H3. The summed E-state index contributed by atoms with van der Waals surface area (Å²) in [6.45, 7) is 2.82. The quantitative estimate of drug-likeness (QED) is 0.923. The van der Waals surface area contributed by atoms with Crippen LogP contribution in [0.4, 0.5) is 5.69 Å². The molecule has 0 aromatic heterocycles. The average molecular weight is 330 g/mol. The second kappa shape index (κ2) is 6.08. The summed E-state index contributed by atoms with van der Waals surface area (Å²) in [5, 5.41) is 9.14. The predicted octanol–water partition coefficient (Wildman–Crippen LogP) is 2.67. The van der Waals surface area contributed by atoms with Crippen molar-refractivity contribution >= 4 is 39.3 Å². The van der Waals surface area contributed by atoms with Gasteiger partial charge < -0.3 is 10.0 Å². The highest BCUT2D eigenvalue weighted by atomic mass is 79.9. The van der Waals surface area contributed by atoms with Gasteiger partial charge in [-0.25, -0.2) is 0 Å². The minimum Gasteiger partial charge on any atom is -0.395 e. The second-order valence-corrected chi connectivity index (χ2v) is 6.94. The van der Waals surface area contributed by atoms with E-state index in [1.807, 2.05) is 36.1 Å². The van der Waals surface area contributed by atoms with E-state index in [4.69, 9.17) is 5.11 Å². The van der Waals surface area contributed by atoms with Gasteiger partial charge in [-0.2, -0.15) is 0 Å². The van der Waals surface area contributed by atoms with Crippen molar-refractivity contribution in [3.05, 3.63) is 28.7 Å². The molecule has 2 unspecified atom stereocenters. The molecule has 5 heteroatoms. The number of nitrogens with zero attached hydrogens (tertiary/aromatic N) is 1. The van der Waals surface area contributed by atoms with E-state index < -0.39 is 0 Å². The molecule has 1 aromatic carbocycles. The Morgan fingerprint density at radius 1 is 1.61 bits per heavy atom. The van der Waals surface area contributed by atoms with Crippen molar-refractivity contribution < 1.29 is 9.90 Å². The van der Waals surface area contributed by atoms with Crippen molar-refractivity contribution in [2.45, 2.75) is 23.8 Å². The largest absolute Gasteiger partial charge is 0.395 e. The van der Waals surface area contributed by atoms with E-state index in [0.717, 1.165) is 23.1 Å². The molecule has 1 aromatic rings. The monoisotopic (exact) mass is 329 g/mol. The molecule has 0 radical (unpaired) electrons. The van der Waals surface area contributed by atoms with Crippen LogP contribution in [-0.2, 0) is 4.79 Å². The van der Waals surface area contributed by atoms with E-state index in [2.05, 4.69) is 15.9 Å². The maximum atomic E-state index is 12.3. The summed E-state index contributed by atoms with van der Waals surface area (Å²) >= 11 is 4.98. The van der Waals surface area contributed by atoms with E-state index in [1.165, 1.54) is 0 Å². The van der Waals surface area contributed by atoms with Crippen molar-refractivity contribution in [3.63, 3.8) is 0 Å². The van der Waals surface area contributed by atoms with Crippen LogP contribution in [0.5, 0.6) is 0 Å². The van der Waals surface area contributed by atoms with E-state index >= 15 is 0 Å². The van der Waals surface area contributed by atoms with Gasteiger partial charge in [0, 0.05) is 22.0 Å². The van der Waals surface area contributed by atoms with Crippen LogP contribution in [0.1, 0.15) is 13.3 Å². The predicted molar refractivity (Wildman–Crippen MR) is 79.0 cm³/mol. The van der Waals surface area contributed by atoms with Gasteiger partial charge in [-0.3, -0.25) is 4.79 Å². The molecule has 2 atom stereocenters. The Morgan fingerprint density at radius 3 is 3.06 bits per heavy atom. The van der Waals surface area contributed by atoms with Crippen LogP contribution in [0.3, 0.4) is 0 Å². The molecule has 1 N–H and O–H groups in total. The van der Waals surface area contributed by atoms with Crippen LogP contribution in [-0.4, -0.2) is 34.7 Å². The molecule has 18 heavy (non-hydrogen) atoms. The number of halogens is 1. The first-order chi connectivity index (χ1) is 8.61. The molecule has 1 fully saturated rings. The van der Waals surface area contributed by atoms with Gasteiger partial charge in [0.1, 0.15) is 0 Å². The second-order valence-electron chi connectivity index (χ2n) is 4.38. The van der Waals surface area contributed by atoms with Crippen LogP contribution in [0, 0.1) is 0 Å². The lowest BCUT2D eigenvalue weighted by atomic mass is 10.3. The zero-order chi connectivity index (χ0) is 13.1. The Kier molecular flexibility index (Phi) is 4.70. The van der Waals surface area contributed by atoms with Crippen LogP contribution >= 0.6 is 27.7 Å². The number of thioether (sulfide) groups is 1. The molecule has 3 nitrogen and oxygen atoms in total. The third-order valence-electron chi connectivity index (χ3n) is 2.93. The topological polar surface area (TPSA) is 40.5 Å². The first-order valence-electron chi connectivity index (χ1n) is 5.95. The smallest absolute Gasteiger partial charge is 0.240 e. The molecule has 1 saturated heterocycles. The maximum Gasteiger partial charge on any atom is 0.240 e. The highest BCUT2D eigenvalue weighted by Crippen LogP contribution is 2.31. The Labute approximate surface area is 120 Å². The van der Waals surface area contributed by atoms with Gasteiger partial charge >= 0.3 is 0 Å². The van der Waals surface area contributed by atoms with E-state index in [0.29, 0.717) is 0 Å². The number of anilines is 1. The summed E-state index contributed by atoms with van der Waals surface area (Å²) in [6.07, 6.45) is 0.848. The number of hydrogen-bond acceptors (Lipinski definition) is 3. The number of carbonyl (C=O) groups excluding carboxylic acids is 1. The Balaban J connectivity index is 2.07. The van der Waals surface area contributed by atoms with E-state index in [-0.39, 0.29) is 23.0 Å². The highest BCUT2D eigenvalue weighted by Gasteiger charge is 2.33. The number of hydrogen-bond donors (Lipinski definition) is 1. The lowest BCUT2D eigenvalue weighted by Crippen LogP contribution is -2.29. The molecule has 0 spiro atoms. The average Bonchev–Trinajstić information content (AvgIpc) is 2.71. The molecule has 1 aliphatic heterocycles. The minimum absolute atomic E-state index is 0.0221. The van der Waals surface area contributed by atoms with Crippen molar-refractivity contribution in [2.75, 3.05) is 18.1 Å².